The second-order valence-corrected chi connectivity index (χ2v) is 10.7. The van der Waals surface area contributed by atoms with Crippen LogP contribution in [-0.2, 0) is 27.5 Å². The molecule has 0 aromatic heterocycles. The summed E-state index contributed by atoms with van der Waals surface area (Å²) in [6.45, 7) is 6.98. The summed E-state index contributed by atoms with van der Waals surface area (Å²) in [5.41, 5.74) is 13.2. The third kappa shape index (κ3) is 6.20. The largest absolute Gasteiger partial charge is 0.488 e. The van der Waals surface area contributed by atoms with E-state index in [0.717, 1.165) is 59.9 Å². The van der Waals surface area contributed by atoms with Crippen molar-refractivity contribution in [2.24, 2.45) is 11.1 Å². The minimum atomic E-state index is -0.0243. The van der Waals surface area contributed by atoms with Gasteiger partial charge in [0.15, 0.2) is 0 Å². The number of nitrogens with zero attached hydrogens (tertiary/aromatic N) is 1. The third-order valence-electron chi connectivity index (χ3n) is 8.14. The van der Waals surface area contributed by atoms with Crippen LogP contribution >= 0.6 is 0 Å². The SMILES string of the molecule is CC(N)c1cccc(-c2cc(COc3ccccc3COC=O)cc(N3CCC4(CCOCC4)CC3)c2)c1. The first-order valence-electron chi connectivity index (χ1n) is 13.6. The maximum Gasteiger partial charge on any atom is 0.293 e. The Bertz CT molecular complexity index is 1230. The summed E-state index contributed by atoms with van der Waals surface area (Å²) >= 11 is 0. The molecule has 2 fully saturated rings. The van der Waals surface area contributed by atoms with Crippen LogP contribution in [0.15, 0.2) is 66.7 Å². The van der Waals surface area contributed by atoms with E-state index in [2.05, 4.69) is 47.4 Å². The highest BCUT2D eigenvalue weighted by atomic mass is 16.5. The molecule has 2 saturated heterocycles. The van der Waals surface area contributed by atoms with Crippen LogP contribution in [0.3, 0.4) is 0 Å². The fraction of sp³-hybridized carbons (Fsp3) is 0.406. The summed E-state index contributed by atoms with van der Waals surface area (Å²) < 4.78 is 16.9. The zero-order valence-corrected chi connectivity index (χ0v) is 22.2. The second kappa shape index (κ2) is 12.0. The lowest BCUT2D eigenvalue weighted by molar-refractivity contribution is -0.129. The van der Waals surface area contributed by atoms with Gasteiger partial charge in [-0.15, -0.1) is 0 Å². The molecule has 5 rings (SSSR count). The molecule has 2 N–H and O–H groups in total. The van der Waals surface area contributed by atoms with Crippen LogP contribution < -0.4 is 15.4 Å². The van der Waals surface area contributed by atoms with Crippen molar-refractivity contribution in [1.29, 1.82) is 0 Å². The number of rotatable bonds is 9. The highest BCUT2D eigenvalue weighted by Crippen LogP contribution is 2.42. The van der Waals surface area contributed by atoms with Gasteiger partial charge in [0.25, 0.3) is 6.47 Å². The van der Waals surface area contributed by atoms with Gasteiger partial charge in [0, 0.05) is 43.6 Å². The molecule has 6 heteroatoms. The molecule has 200 valence electrons. The molecule has 1 unspecified atom stereocenters. The van der Waals surface area contributed by atoms with Crippen LogP contribution in [0.5, 0.6) is 5.75 Å². The number of benzene rings is 3. The number of para-hydroxylation sites is 1. The zero-order valence-electron chi connectivity index (χ0n) is 22.2. The molecule has 1 atom stereocenters. The first-order valence-corrected chi connectivity index (χ1v) is 13.6. The Balaban J connectivity index is 1.41. The predicted octanol–water partition coefficient (Wildman–Crippen LogP) is 6.02. The van der Waals surface area contributed by atoms with Gasteiger partial charge in [0.1, 0.15) is 19.0 Å². The van der Waals surface area contributed by atoms with E-state index in [1.165, 1.54) is 31.4 Å². The first-order chi connectivity index (χ1) is 18.5. The smallest absolute Gasteiger partial charge is 0.293 e. The van der Waals surface area contributed by atoms with Gasteiger partial charge < -0.3 is 24.8 Å². The average Bonchev–Trinajstić information content (AvgIpc) is 2.96. The van der Waals surface area contributed by atoms with Gasteiger partial charge in [-0.05, 0) is 90.6 Å². The summed E-state index contributed by atoms with van der Waals surface area (Å²) in [7, 11) is 0. The number of carbonyl (C=O) groups excluding carboxylic acids is 1. The van der Waals surface area contributed by atoms with E-state index in [4.69, 9.17) is 19.9 Å². The molecule has 38 heavy (non-hydrogen) atoms. The van der Waals surface area contributed by atoms with E-state index in [9.17, 15) is 4.79 Å². The van der Waals surface area contributed by atoms with Crippen molar-refractivity contribution < 1.29 is 19.0 Å². The lowest BCUT2D eigenvalue weighted by atomic mass is 9.72. The Hall–Kier alpha value is -3.35. The summed E-state index contributed by atoms with van der Waals surface area (Å²) in [6, 6.07) is 22.9. The molecular weight excluding hydrogens is 476 g/mol. The monoisotopic (exact) mass is 514 g/mol. The molecule has 0 radical (unpaired) electrons. The number of piperidine rings is 1. The van der Waals surface area contributed by atoms with Crippen LogP contribution in [-0.4, -0.2) is 32.8 Å². The van der Waals surface area contributed by atoms with E-state index in [-0.39, 0.29) is 12.6 Å². The Kier molecular flexibility index (Phi) is 8.30. The molecule has 3 aromatic carbocycles. The Morgan fingerprint density at radius 1 is 0.947 bits per heavy atom. The van der Waals surface area contributed by atoms with E-state index >= 15 is 0 Å². The second-order valence-electron chi connectivity index (χ2n) is 10.7. The summed E-state index contributed by atoms with van der Waals surface area (Å²) in [6.07, 6.45) is 4.77. The van der Waals surface area contributed by atoms with Crippen molar-refractivity contribution in [3.63, 3.8) is 0 Å². The normalized spacial score (nSPS) is 17.7. The fourth-order valence-electron chi connectivity index (χ4n) is 5.70. The first kappa shape index (κ1) is 26.3. The van der Waals surface area contributed by atoms with E-state index < -0.39 is 0 Å². The number of anilines is 1. The minimum absolute atomic E-state index is 0.0243. The summed E-state index contributed by atoms with van der Waals surface area (Å²) in [5.74, 6) is 0.722. The van der Waals surface area contributed by atoms with Gasteiger partial charge >= 0.3 is 0 Å². The van der Waals surface area contributed by atoms with Crippen LogP contribution in [0, 0.1) is 5.41 Å². The highest BCUT2D eigenvalue weighted by Gasteiger charge is 2.36. The lowest BCUT2D eigenvalue weighted by Gasteiger charge is -2.45. The zero-order chi connectivity index (χ0) is 26.4. The molecule has 0 saturated carbocycles. The van der Waals surface area contributed by atoms with Crippen LogP contribution in [0.4, 0.5) is 5.69 Å². The standard InChI is InChI=1S/C32H38N2O4/c1-24(33)26-6-4-7-27(19-26)29-17-25(21-38-31-8-3-2-5-28(31)22-37-23-35)18-30(20-29)34-13-9-32(10-14-34)11-15-36-16-12-32/h2-8,17-20,23-24H,9-16,21-22,33H2,1H3. The number of hydrogen-bond donors (Lipinski definition) is 1. The summed E-state index contributed by atoms with van der Waals surface area (Å²) in [4.78, 5) is 13.2. The molecule has 0 amide bonds. The number of nitrogens with two attached hydrogens (primary N) is 1. The van der Waals surface area contributed by atoms with Gasteiger partial charge in [-0.1, -0.05) is 36.4 Å². The fourth-order valence-corrected chi connectivity index (χ4v) is 5.70. The quantitative estimate of drug-likeness (QED) is 0.352. The lowest BCUT2D eigenvalue weighted by Crippen LogP contribution is -2.43. The number of hydrogen-bond acceptors (Lipinski definition) is 6. The molecule has 6 nitrogen and oxygen atoms in total. The highest BCUT2D eigenvalue weighted by molar-refractivity contribution is 5.70. The van der Waals surface area contributed by atoms with Crippen molar-refractivity contribution in [1.82, 2.24) is 0 Å². The van der Waals surface area contributed by atoms with Crippen molar-refractivity contribution in [3.8, 4) is 16.9 Å². The van der Waals surface area contributed by atoms with Crippen molar-refractivity contribution in [3.05, 3.63) is 83.4 Å². The van der Waals surface area contributed by atoms with Gasteiger partial charge in [-0.3, -0.25) is 4.79 Å². The maximum atomic E-state index is 10.7. The summed E-state index contributed by atoms with van der Waals surface area (Å²) in [5, 5.41) is 0. The molecule has 1 spiro atoms. The van der Waals surface area contributed by atoms with Crippen LogP contribution in [0.1, 0.15) is 55.3 Å². The number of ether oxygens (including phenoxy) is 3. The molecule has 3 aromatic rings. The molecule has 0 aliphatic carbocycles. The van der Waals surface area contributed by atoms with Crippen molar-refractivity contribution >= 4 is 12.2 Å². The number of carbonyl (C=O) groups is 1. The van der Waals surface area contributed by atoms with Gasteiger partial charge in [-0.25, -0.2) is 0 Å². The van der Waals surface area contributed by atoms with Crippen LogP contribution in [0.2, 0.25) is 0 Å². The van der Waals surface area contributed by atoms with Gasteiger partial charge in [0.05, 0.1) is 0 Å². The minimum Gasteiger partial charge on any atom is -0.488 e. The Morgan fingerprint density at radius 2 is 1.74 bits per heavy atom. The van der Waals surface area contributed by atoms with E-state index in [0.29, 0.717) is 18.5 Å². The third-order valence-corrected chi connectivity index (χ3v) is 8.14. The Morgan fingerprint density at radius 3 is 2.50 bits per heavy atom. The molecule has 2 aliphatic heterocycles. The van der Waals surface area contributed by atoms with E-state index in [1.54, 1.807) is 0 Å². The average molecular weight is 515 g/mol. The van der Waals surface area contributed by atoms with Gasteiger partial charge in [-0.2, -0.15) is 0 Å². The van der Waals surface area contributed by atoms with Gasteiger partial charge in [0.2, 0.25) is 0 Å². The van der Waals surface area contributed by atoms with Crippen molar-refractivity contribution in [2.45, 2.75) is 51.9 Å². The molecule has 0 bridgehead atoms. The Labute approximate surface area is 225 Å². The molecule has 2 aliphatic rings. The maximum absolute atomic E-state index is 10.7. The molecule has 2 heterocycles. The molecular formula is C32H38N2O4. The van der Waals surface area contributed by atoms with Crippen molar-refractivity contribution in [2.75, 3.05) is 31.2 Å². The predicted molar refractivity (Wildman–Crippen MR) is 150 cm³/mol. The van der Waals surface area contributed by atoms with E-state index in [1.807, 2.05) is 31.2 Å². The van der Waals surface area contributed by atoms with Crippen LogP contribution in [0.25, 0.3) is 11.1 Å². The topological polar surface area (TPSA) is 74.0 Å².